The van der Waals surface area contributed by atoms with Gasteiger partial charge in [0.1, 0.15) is 13.2 Å². The summed E-state index contributed by atoms with van der Waals surface area (Å²) in [5.74, 6) is 0.211. The van der Waals surface area contributed by atoms with Gasteiger partial charge in [-0.1, -0.05) is 58.6 Å². The van der Waals surface area contributed by atoms with Gasteiger partial charge in [0.05, 0.1) is 35.1 Å². The van der Waals surface area contributed by atoms with Crippen LogP contribution in [0.1, 0.15) is 93.5 Å². The number of unbranched alkanes of at least 4 members (excludes halogenated alkanes) is 3. The number of nitrogens with one attached hydrogen (secondary N) is 1. The van der Waals surface area contributed by atoms with Crippen LogP contribution in [0.5, 0.6) is 11.5 Å². The number of hydrogen-bond acceptors (Lipinski definition) is 11. The molecule has 5 heterocycles. The van der Waals surface area contributed by atoms with Crippen LogP contribution in [0.2, 0.25) is 0 Å². The van der Waals surface area contributed by atoms with E-state index in [9.17, 15) is 19.2 Å². The topological polar surface area (TPSA) is 170 Å². The second-order valence-electron chi connectivity index (χ2n) is 13.7. The van der Waals surface area contributed by atoms with Gasteiger partial charge in [0, 0.05) is 28.3 Å². The summed E-state index contributed by atoms with van der Waals surface area (Å²) in [7, 11) is 0. The lowest BCUT2D eigenvalue weighted by Gasteiger charge is -2.35. The van der Waals surface area contributed by atoms with Crippen LogP contribution in [0.4, 0.5) is 10.5 Å². The highest BCUT2D eigenvalue weighted by Gasteiger charge is 2.51. The summed E-state index contributed by atoms with van der Waals surface area (Å²) in [6.07, 6.45) is 5.15. The maximum Gasteiger partial charge on any atom is 0.510 e. The van der Waals surface area contributed by atoms with Gasteiger partial charge in [-0.25, -0.2) is 14.6 Å². The van der Waals surface area contributed by atoms with Gasteiger partial charge >= 0.3 is 12.1 Å². The van der Waals surface area contributed by atoms with Crippen molar-refractivity contribution in [1.82, 2.24) is 9.55 Å². The molecule has 0 fully saturated rings. The first-order chi connectivity index (χ1) is 25.7. The van der Waals surface area contributed by atoms with Crippen molar-refractivity contribution in [3.63, 3.8) is 0 Å². The van der Waals surface area contributed by atoms with E-state index < -0.39 is 23.8 Å². The second kappa shape index (κ2) is 14.9. The van der Waals surface area contributed by atoms with E-state index in [-0.39, 0.29) is 49.0 Å². The maximum atomic E-state index is 14.2. The van der Waals surface area contributed by atoms with Crippen molar-refractivity contribution < 1.29 is 38.1 Å². The molecule has 4 aromatic rings. The number of hydrogen-bond donors (Lipinski definition) is 2. The van der Waals surface area contributed by atoms with Crippen LogP contribution in [0.15, 0.2) is 47.3 Å². The third-order valence-corrected chi connectivity index (χ3v) is 10.3. The molecule has 2 aromatic heterocycles. The van der Waals surface area contributed by atoms with E-state index in [1.165, 1.54) is 0 Å². The third-order valence-electron chi connectivity index (χ3n) is 10.3. The van der Waals surface area contributed by atoms with Crippen molar-refractivity contribution in [3.8, 4) is 22.9 Å². The Kier molecular flexibility index (Phi) is 10.1. The molecule has 0 aliphatic carbocycles. The molecule has 0 unspecified atom stereocenters. The van der Waals surface area contributed by atoms with Crippen LogP contribution < -0.4 is 26.1 Å². The Bertz CT molecular complexity index is 2150. The lowest BCUT2D eigenvalue weighted by atomic mass is 9.85. The number of cyclic esters (lactones) is 1. The molecule has 2 aromatic carbocycles. The highest BCUT2D eigenvalue weighted by atomic mass is 16.7. The largest absolute Gasteiger partial charge is 0.510 e. The Morgan fingerprint density at radius 2 is 1.74 bits per heavy atom. The predicted octanol–water partition coefficient (Wildman–Crippen LogP) is 6.36. The van der Waals surface area contributed by atoms with Gasteiger partial charge in [-0.3, -0.25) is 9.59 Å². The zero-order chi connectivity index (χ0) is 37.3. The number of ether oxygens (including phenoxy) is 5. The van der Waals surface area contributed by atoms with Crippen molar-refractivity contribution in [2.45, 2.75) is 104 Å². The van der Waals surface area contributed by atoms with Crippen molar-refractivity contribution in [2.24, 2.45) is 5.73 Å². The van der Waals surface area contributed by atoms with E-state index >= 15 is 0 Å². The van der Waals surface area contributed by atoms with Gasteiger partial charge in [0.2, 0.25) is 18.3 Å². The van der Waals surface area contributed by atoms with Crippen molar-refractivity contribution in [3.05, 3.63) is 80.6 Å². The summed E-state index contributed by atoms with van der Waals surface area (Å²) in [5, 5.41) is 3.76. The Labute approximate surface area is 306 Å². The smallest absolute Gasteiger partial charge is 0.457 e. The zero-order valence-electron chi connectivity index (χ0n) is 30.3. The molecular weight excluding hydrogens is 680 g/mol. The quantitative estimate of drug-likeness (QED) is 0.102. The van der Waals surface area contributed by atoms with Crippen LogP contribution in [0.3, 0.4) is 0 Å². The first kappa shape index (κ1) is 36.0. The number of pyridine rings is 2. The normalized spacial score (nSPS) is 17.1. The highest BCUT2D eigenvalue weighted by molar-refractivity contribution is 5.95. The predicted molar refractivity (Wildman–Crippen MR) is 196 cm³/mol. The first-order valence-electron chi connectivity index (χ1n) is 18.4. The van der Waals surface area contributed by atoms with E-state index in [4.69, 9.17) is 34.4 Å². The lowest BCUT2D eigenvalue weighted by Crippen LogP contribution is -2.47. The van der Waals surface area contributed by atoms with Crippen LogP contribution in [0, 0.1) is 0 Å². The molecule has 3 aliphatic heterocycles. The molecule has 7 rings (SSSR count). The molecule has 3 aliphatic rings. The van der Waals surface area contributed by atoms with Gasteiger partial charge in [-0.15, -0.1) is 0 Å². The van der Waals surface area contributed by atoms with Crippen molar-refractivity contribution >= 4 is 34.6 Å². The minimum absolute atomic E-state index is 0.00493. The molecule has 0 spiro atoms. The van der Waals surface area contributed by atoms with E-state index in [0.29, 0.717) is 52.6 Å². The molecule has 278 valence electrons. The van der Waals surface area contributed by atoms with Gasteiger partial charge in [0.25, 0.3) is 5.56 Å². The Morgan fingerprint density at radius 3 is 2.47 bits per heavy atom. The molecule has 3 N–H and O–H groups in total. The number of anilines is 1. The molecule has 53 heavy (non-hydrogen) atoms. The number of esters is 1. The number of amides is 1. The Morgan fingerprint density at radius 1 is 0.981 bits per heavy atom. The van der Waals surface area contributed by atoms with E-state index in [2.05, 4.69) is 19.2 Å². The fourth-order valence-corrected chi connectivity index (χ4v) is 7.33. The van der Waals surface area contributed by atoms with Crippen LogP contribution in [-0.4, -0.2) is 40.4 Å². The number of aromatic nitrogens is 2. The van der Waals surface area contributed by atoms with Crippen LogP contribution >= 0.6 is 0 Å². The van der Waals surface area contributed by atoms with E-state index in [1.54, 1.807) is 41.8 Å². The van der Waals surface area contributed by atoms with Gasteiger partial charge in [0.15, 0.2) is 11.5 Å². The van der Waals surface area contributed by atoms with E-state index in [1.807, 2.05) is 12.1 Å². The zero-order valence-corrected chi connectivity index (χ0v) is 30.3. The summed E-state index contributed by atoms with van der Waals surface area (Å²) < 4.78 is 29.7. The summed E-state index contributed by atoms with van der Waals surface area (Å²) in [4.78, 5) is 58.4. The van der Waals surface area contributed by atoms with Crippen molar-refractivity contribution in [1.29, 1.82) is 0 Å². The number of fused-ring (bicyclic) bond motifs is 6. The molecular formula is C40H44N4O9. The monoisotopic (exact) mass is 724 g/mol. The number of aryl methyl sites for hydroxylation is 1. The highest BCUT2D eigenvalue weighted by Crippen LogP contribution is 2.44. The summed E-state index contributed by atoms with van der Waals surface area (Å²) in [6, 6.07) is 11.7. The first-order valence-corrected chi connectivity index (χ1v) is 18.4. The maximum absolute atomic E-state index is 14.2. The van der Waals surface area contributed by atoms with Crippen LogP contribution in [0.25, 0.3) is 22.3 Å². The van der Waals surface area contributed by atoms with Gasteiger partial charge in [-0.2, -0.15) is 0 Å². The van der Waals surface area contributed by atoms with Gasteiger partial charge in [-0.05, 0) is 61.1 Å². The Hall–Kier alpha value is -5.43. The molecule has 13 nitrogen and oxygen atoms in total. The van der Waals surface area contributed by atoms with Crippen molar-refractivity contribution in [2.75, 3.05) is 12.1 Å². The minimum atomic E-state index is -1.92. The van der Waals surface area contributed by atoms with Gasteiger partial charge < -0.3 is 39.3 Å². The fraction of sp³-hybridized carbons (Fsp3) is 0.425. The van der Waals surface area contributed by atoms with Crippen LogP contribution in [-0.2, 0) is 55.6 Å². The SMILES string of the molecule is CCCCC[C@H](N)C(=O)Nc1ccc(COC(=O)O[C@]2(CC)C(=O)OCc3c2cc2n(c3=O)Cc3c-2nc2cc4c(cc2c3CCCC)OCO4)cc1. The number of benzene rings is 2. The fourth-order valence-electron chi connectivity index (χ4n) is 7.33. The summed E-state index contributed by atoms with van der Waals surface area (Å²) in [5.41, 5.74) is 9.32. The number of nitrogens with zero attached hydrogens (tertiary/aromatic N) is 2. The Balaban J connectivity index is 1.13. The molecule has 0 saturated carbocycles. The molecule has 1 amide bonds. The number of carbonyl (C=O) groups excluding carboxylic acids is 3. The number of carbonyl (C=O) groups is 3. The average Bonchev–Trinajstić information content (AvgIpc) is 3.78. The molecule has 13 heteroatoms. The minimum Gasteiger partial charge on any atom is -0.457 e. The standard InChI is InChI=1S/C40H44N4O9/c1-4-7-9-11-30(41)36(45)42-24-14-12-23(13-15-24)20-50-39(48)53-40(6-3)29-17-32-35-27(19-44(32)37(46)28(29)21-49-38(40)47)25(10-8-5-2)26-16-33-34(52-22-51-33)18-31(26)43-35/h12-18,30H,4-11,19-22,41H2,1-3H3,(H,42,45)/t30-,40-/m0/s1. The molecule has 2 atom stereocenters. The molecule has 0 bridgehead atoms. The lowest BCUT2D eigenvalue weighted by molar-refractivity contribution is -0.175. The number of rotatable bonds is 13. The summed E-state index contributed by atoms with van der Waals surface area (Å²) in [6.45, 7) is 5.92. The molecule has 0 saturated heterocycles. The van der Waals surface area contributed by atoms with E-state index in [0.717, 1.165) is 55.0 Å². The number of nitrogens with two attached hydrogens (primary N) is 1. The summed E-state index contributed by atoms with van der Waals surface area (Å²) >= 11 is 0. The second-order valence-corrected chi connectivity index (χ2v) is 13.7. The third kappa shape index (κ3) is 6.69. The molecule has 0 radical (unpaired) electrons. The average molecular weight is 725 g/mol.